The minimum Gasteiger partial charge on any atom is -0.238 e. The Morgan fingerprint density at radius 3 is 3.18 bits per heavy atom. The number of halogens is 2. The molecule has 0 amide bonds. The minimum atomic E-state index is -0.354. The van der Waals surface area contributed by atoms with Gasteiger partial charge in [0.2, 0.25) is 0 Å². The molecule has 0 unspecified atom stereocenters. The number of fused-ring (bicyclic) bond motifs is 1. The maximum atomic E-state index is 12.8. The summed E-state index contributed by atoms with van der Waals surface area (Å²) in [6.07, 6.45) is 2.77. The van der Waals surface area contributed by atoms with E-state index in [0.29, 0.717) is 10.5 Å². The van der Waals surface area contributed by atoms with Crippen LogP contribution in [0.3, 0.4) is 0 Å². The average molecular weight is 171 g/mol. The van der Waals surface area contributed by atoms with Gasteiger partial charge in [0.1, 0.15) is 5.52 Å². The van der Waals surface area contributed by atoms with E-state index >= 15 is 0 Å². The van der Waals surface area contributed by atoms with Gasteiger partial charge in [-0.2, -0.15) is 5.10 Å². The Balaban J connectivity index is 2.87. The molecular weight excluding hydrogens is 167 g/mol. The lowest BCUT2D eigenvalue weighted by Crippen LogP contribution is -1.84. The molecule has 0 saturated carbocycles. The fraction of sp³-hybridized carbons (Fsp3) is 0. The van der Waals surface area contributed by atoms with E-state index in [4.69, 9.17) is 11.6 Å². The Kier molecular flexibility index (Phi) is 1.32. The zero-order chi connectivity index (χ0) is 7.84. The third-order valence-electron chi connectivity index (χ3n) is 1.44. The van der Waals surface area contributed by atoms with Crippen LogP contribution in [0.5, 0.6) is 0 Å². The first-order valence-corrected chi connectivity index (χ1v) is 3.43. The van der Waals surface area contributed by atoms with E-state index in [0.717, 1.165) is 6.20 Å². The molecule has 2 aromatic rings. The second-order valence-electron chi connectivity index (χ2n) is 2.17. The van der Waals surface area contributed by atoms with Crippen LogP contribution in [0.4, 0.5) is 4.39 Å². The quantitative estimate of drug-likeness (QED) is 0.592. The van der Waals surface area contributed by atoms with Gasteiger partial charge in [-0.3, -0.25) is 0 Å². The standard InChI is InChI=1S/C7H4ClFN2/c8-5-1-2-11-7(3-5)6(9)4-10-11/h1-4H. The molecule has 0 spiro atoms. The van der Waals surface area contributed by atoms with Crippen molar-refractivity contribution in [2.75, 3.05) is 0 Å². The predicted octanol–water partition coefficient (Wildman–Crippen LogP) is 2.13. The molecule has 0 radical (unpaired) electrons. The molecule has 2 aromatic heterocycles. The average Bonchev–Trinajstić information content (AvgIpc) is 2.33. The molecule has 56 valence electrons. The van der Waals surface area contributed by atoms with Crippen molar-refractivity contribution >= 4 is 17.1 Å². The van der Waals surface area contributed by atoms with E-state index < -0.39 is 0 Å². The Morgan fingerprint density at radius 1 is 1.55 bits per heavy atom. The summed E-state index contributed by atoms with van der Waals surface area (Å²) in [5.41, 5.74) is 0.400. The largest absolute Gasteiger partial charge is 0.238 e. The molecule has 0 atom stereocenters. The summed E-state index contributed by atoms with van der Waals surface area (Å²) in [5.74, 6) is -0.354. The van der Waals surface area contributed by atoms with Crippen molar-refractivity contribution < 1.29 is 4.39 Å². The van der Waals surface area contributed by atoms with Gasteiger partial charge in [-0.05, 0) is 12.1 Å². The van der Waals surface area contributed by atoms with Crippen molar-refractivity contribution in [3.05, 3.63) is 35.4 Å². The molecule has 0 bridgehead atoms. The van der Waals surface area contributed by atoms with Crippen LogP contribution < -0.4 is 0 Å². The van der Waals surface area contributed by atoms with Crippen molar-refractivity contribution in [2.24, 2.45) is 0 Å². The predicted molar refractivity (Wildman–Crippen MR) is 40.2 cm³/mol. The third kappa shape index (κ3) is 0.973. The second-order valence-corrected chi connectivity index (χ2v) is 2.60. The molecule has 0 fully saturated rings. The molecule has 0 aliphatic rings. The summed E-state index contributed by atoms with van der Waals surface area (Å²) in [6.45, 7) is 0. The van der Waals surface area contributed by atoms with Crippen molar-refractivity contribution in [1.82, 2.24) is 9.61 Å². The molecule has 2 heterocycles. The topological polar surface area (TPSA) is 17.3 Å². The van der Waals surface area contributed by atoms with E-state index in [-0.39, 0.29) is 5.82 Å². The Labute approximate surface area is 67.2 Å². The summed E-state index contributed by atoms with van der Waals surface area (Å²) >= 11 is 5.64. The summed E-state index contributed by atoms with van der Waals surface area (Å²) in [5, 5.41) is 4.25. The van der Waals surface area contributed by atoms with Crippen LogP contribution >= 0.6 is 11.6 Å². The minimum absolute atomic E-state index is 0.354. The van der Waals surface area contributed by atoms with Crippen LogP contribution in [-0.4, -0.2) is 9.61 Å². The second kappa shape index (κ2) is 2.20. The van der Waals surface area contributed by atoms with Crippen LogP contribution in [0.1, 0.15) is 0 Å². The third-order valence-corrected chi connectivity index (χ3v) is 1.67. The first-order chi connectivity index (χ1) is 5.27. The monoisotopic (exact) mass is 170 g/mol. The Bertz CT molecular complexity index is 396. The fourth-order valence-electron chi connectivity index (χ4n) is 0.925. The molecule has 2 nitrogen and oxygen atoms in total. The molecule has 0 aromatic carbocycles. The van der Waals surface area contributed by atoms with E-state index in [1.165, 1.54) is 10.6 Å². The lowest BCUT2D eigenvalue weighted by Gasteiger charge is -1.91. The fourth-order valence-corrected chi connectivity index (χ4v) is 1.08. The van der Waals surface area contributed by atoms with Crippen LogP contribution in [0.15, 0.2) is 24.5 Å². The maximum absolute atomic E-state index is 12.8. The first kappa shape index (κ1) is 6.61. The Morgan fingerprint density at radius 2 is 2.36 bits per heavy atom. The number of nitrogens with zero attached hydrogens (tertiary/aromatic N) is 2. The first-order valence-electron chi connectivity index (χ1n) is 3.06. The normalized spacial score (nSPS) is 10.7. The lowest BCUT2D eigenvalue weighted by molar-refractivity contribution is 0.639. The molecular formula is C7H4ClFN2. The van der Waals surface area contributed by atoms with Gasteiger partial charge >= 0.3 is 0 Å². The van der Waals surface area contributed by atoms with Crippen molar-refractivity contribution in [1.29, 1.82) is 0 Å². The van der Waals surface area contributed by atoms with Crippen molar-refractivity contribution in [3.8, 4) is 0 Å². The van der Waals surface area contributed by atoms with E-state index in [1.807, 2.05) is 0 Å². The summed E-state index contributed by atoms with van der Waals surface area (Å²) < 4.78 is 14.2. The number of hydrogen-bond acceptors (Lipinski definition) is 1. The Hall–Kier alpha value is -1.09. The van der Waals surface area contributed by atoms with E-state index in [1.54, 1.807) is 12.3 Å². The molecule has 0 saturated heterocycles. The lowest BCUT2D eigenvalue weighted by atomic mass is 10.4. The van der Waals surface area contributed by atoms with Gasteiger partial charge in [0.25, 0.3) is 0 Å². The van der Waals surface area contributed by atoms with Crippen molar-refractivity contribution in [2.45, 2.75) is 0 Å². The molecule has 0 aliphatic heterocycles. The zero-order valence-electron chi connectivity index (χ0n) is 5.46. The molecule has 4 heteroatoms. The van der Waals surface area contributed by atoms with Gasteiger partial charge in [0.15, 0.2) is 5.82 Å². The highest BCUT2D eigenvalue weighted by Crippen LogP contribution is 2.14. The molecule has 2 rings (SSSR count). The van der Waals surface area contributed by atoms with Gasteiger partial charge in [-0.25, -0.2) is 8.91 Å². The van der Waals surface area contributed by atoms with Gasteiger partial charge in [-0.15, -0.1) is 0 Å². The van der Waals surface area contributed by atoms with Gasteiger partial charge in [-0.1, -0.05) is 11.6 Å². The highest BCUT2D eigenvalue weighted by atomic mass is 35.5. The van der Waals surface area contributed by atoms with Gasteiger partial charge in [0, 0.05) is 11.2 Å². The maximum Gasteiger partial charge on any atom is 0.168 e. The number of pyridine rings is 1. The van der Waals surface area contributed by atoms with Crippen LogP contribution in [0, 0.1) is 5.82 Å². The number of hydrogen-bond donors (Lipinski definition) is 0. The van der Waals surface area contributed by atoms with Crippen molar-refractivity contribution in [3.63, 3.8) is 0 Å². The smallest absolute Gasteiger partial charge is 0.168 e. The van der Waals surface area contributed by atoms with Crippen LogP contribution in [0.25, 0.3) is 5.52 Å². The molecule has 11 heavy (non-hydrogen) atoms. The van der Waals surface area contributed by atoms with E-state index in [9.17, 15) is 4.39 Å². The molecule has 0 aliphatic carbocycles. The number of rotatable bonds is 0. The van der Waals surface area contributed by atoms with Gasteiger partial charge in [0.05, 0.1) is 6.20 Å². The SMILES string of the molecule is Fc1cnn2ccc(Cl)cc12. The summed E-state index contributed by atoms with van der Waals surface area (Å²) in [6, 6.07) is 3.19. The van der Waals surface area contributed by atoms with Gasteiger partial charge < -0.3 is 0 Å². The highest BCUT2D eigenvalue weighted by Gasteiger charge is 2.01. The van der Waals surface area contributed by atoms with E-state index in [2.05, 4.69) is 5.10 Å². The molecule has 0 N–H and O–H groups in total. The highest BCUT2D eigenvalue weighted by molar-refractivity contribution is 6.30. The van der Waals surface area contributed by atoms with Crippen LogP contribution in [-0.2, 0) is 0 Å². The van der Waals surface area contributed by atoms with Crippen LogP contribution in [0.2, 0.25) is 5.02 Å². The summed E-state index contributed by atoms with van der Waals surface area (Å²) in [7, 11) is 0. The zero-order valence-corrected chi connectivity index (χ0v) is 6.22. The summed E-state index contributed by atoms with van der Waals surface area (Å²) in [4.78, 5) is 0. The number of aromatic nitrogens is 2.